The molecule has 0 aromatic carbocycles. The fraction of sp³-hybridized carbons (Fsp3) is 0.939. The van der Waals surface area contributed by atoms with Crippen LogP contribution in [0.5, 0.6) is 0 Å². The van der Waals surface area contributed by atoms with Gasteiger partial charge in [0.15, 0.2) is 0 Å². The molecule has 0 aliphatic rings. The van der Waals surface area contributed by atoms with Gasteiger partial charge in [0.05, 0.1) is 25.4 Å². The average Bonchev–Trinajstić information content (AvgIpc) is 3.38. The average molecular weight is 1020 g/mol. The lowest BCUT2D eigenvalue weighted by Crippen LogP contribution is -2.45. The molecule has 0 spiro atoms. The first-order chi connectivity index (χ1) is 35.5. The summed E-state index contributed by atoms with van der Waals surface area (Å²) in [5.41, 5.74) is 0. The summed E-state index contributed by atoms with van der Waals surface area (Å²) in [5, 5.41) is 23.4. The van der Waals surface area contributed by atoms with Crippen LogP contribution in [0.3, 0.4) is 0 Å². The molecule has 3 N–H and O–H groups in total. The number of hydrogen-bond donors (Lipinski definition) is 3. The van der Waals surface area contributed by atoms with E-state index >= 15 is 0 Å². The van der Waals surface area contributed by atoms with Crippen LogP contribution in [-0.2, 0) is 14.3 Å². The van der Waals surface area contributed by atoms with Crippen molar-refractivity contribution in [2.24, 2.45) is 0 Å². The molecule has 0 aromatic rings. The Morgan fingerprint density at radius 2 is 0.653 bits per heavy atom. The summed E-state index contributed by atoms with van der Waals surface area (Å²) in [4.78, 5) is 24.6. The van der Waals surface area contributed by atoms with Crippen LogP contribution in [0.4, 0.5) is 0 Å². The van der Waals surface area contributed by atoms with Gasteiger partial charge in [0.25, 0.3) is 0 Å². The fourth-order valence-corrected chi connectivity index (χ4v) is 10.5. The molecule has 0 radical (unpaired) electrons. The van der Waals surface area contributed by atoms with Gasteiger partial charge in [-0.2, -0.15) is 0 Å². The van der Waals surface area contributed by atoms with Crippen LogP contribution in [0.15, 0.2) is 12.2 Å². The smallest absolute Gasteiger partial charge is 0.305 e. The number of aliphatic hydroxyl groups excluding tert-OH is 2. The molecule has 2 unspecified atom stereocenters. The predicted molar refractivity (Wildman–Crippen MR) is 315 cm³/mol. The normalized spacial score (nSPS) is 12.6. The third-order valence-electron chi connectivity index (χ3n) is 15.6. The molecule has 428 valence electrons. The van der Waals surface area contributed by atoms with Crippen molar-refractivity contribution in [1.29, 1.82) is 0 Å². The highest BCUT2D eigenvalue weighted by atomic mass is 16.5. The van der Waals surface area contributed by atoms with E-state index in [0.29, 0.717) is 25.9 Å². The highest BCUT2D eigenvalue weighted by Gasteiger charge is 2.20. The van der Waals surface area contributed by atoms with E-state index in [0.717, 1.165) is 44.9 Å². The summed E-state index contributed by atoms with van der Waals surface area (Å²) in [6.07, 6.45) is 75.1. The van der Waals surface area contributed by atoms with Gasteiger partial charge in [-0.15, -0.1) is 0 Å². The number of aliphatic hydroxyl groups is 2. The molecule has 0 aliphatic heterocycles. The molecule has 0 aromatic heterocycles. The molecule has 1 amide bonds. The quantitative estimate of drug-likeness (QED) is 0.0320. The van der Waals surface area contributed by atoms with E-state index in [-0.39, 0.29) is 18.5 Å². The van der Waals surface area contributed by atoms with Gasteiger partial charge in [-0.25, -0.2) is 0 Å². The van der Waals surface area contributed by atoms with Crippen LogP contribution in [0.2, 0.25) is 0 Å². The number of hydrogen-bond acceptors (Lipinski definition) is 5. The summed E-state index contributed by atoms with van der Waals surface area (Å²) in [5.74, 6) is -0.0313. The molecule has 0 rings (SSSR count). The van der Waals surface area contributed by atoms with Crippen LogP contribution in [0.25, 0.3) is 0 Å². The number of allylic oxidation sites excluding steroid dienone is 2. The van der Waals surface area contributed by atoms with Gasteiger partial charge in [0.2, 0.25) is 5.91 Å². The number of ether oxygens (including phenoxy) is 1. The zero-order valence-corrected chi connectivity index (χ0v) is 48.9. The Balaban J connectivity index is 3.39. The maximum atomic E-state index is 12.5. The summed E-state index contributed by atoms with van der Waals surface area (Å²) >= 11 is 0. The Bertz CT molecular complexity index is 1080. The van der Waals surface area contributed by atoms with Crippen molar-refractivity contribution in [3.8, 4) is 0 Å². The van der Waals surface area contributed by atoms with E-state index in [1.165, 1.54) is 295 Å². The number of amides is 1. The lowest BCUT2D eigenvalue weighted by molar-refractivity contribution is -0.143. The van der Waals surface area contributed by atoms with Gasteiger partial charge in [0.1, 0.15) is 0 Å². The monoisotopic (exact) mass is 1020 g/mol. The molecular weight excluding hydrogens is 887 g/mol. The number of nitrogens with one attached hydrogen (secondary N) is 1. The number of esters is 1. The summed E-state index contributed by atoms with van der Waals surface area (Å²) in [6.45, 7) is 4.97. The molecule has 72 heavy (non-hydrogen) atoms. The number of rotatable bonds is 62. The highest BCUT2D eigenvalue weighted by molar-refractivity contribution is 5.76. The second kappa shape index (κ2) is 62.1. The van der Waals surface area contributed by atoms with Crippen molar-refractivity contribution in [2.45, 2.75) is 386 Å². The van der Waals surface area contributed by atoms with Gasteiger partial charge in [0, 0.05) is 12.8 Å². The van der Waals surface area contributed by atoms with Crippen molar-refractivity contribution < 1.29 is 24.5 Å². The minimum Gasteiger partial charge on any atom is -0.466 e. The minimum absolute atomic E-state index is 0.00231. The Hall–Kier alpha value is -1.40. The van der Waals surface area contributed by atoms with E-state index in [4.69, 9.17) is 4.74 Å². The molecule has 6 nitrogen and oxygen atoms in total. The first-order valence-electron chi connectivity index (χ1n) is 32.9. The van der Waals surface area contributed by atoms with E-state index in [1.807, 2.05) is 0 Å². The van der Waals surface area contributed by atoms with E-state index in [9.17, 15) is 19.8 Å². The topological polar surface area (TPSA) is 95.9 Å². The number of carbonyl (C=O) groups is 2. The zero-order chi connectivity index (χ0) is 52.2. The molecule has 0 fully saturated rings. The fourth-order valence-electron chi connectivity index (χ4n) is 10.5. The standard InChI is InChI=1S/C66H129NO5/c1-3-5-7-9-11-13-15-17-19-20-21-22-24-27-31-34-38-42-46-50-54-58-64(69)63(62-68)67-65(70)59-55-51-47-43-39-35-32-28-25-23-26-29-33-37-41-45-49-53-57-61-72-66(71)60-56-52-48-44-40-36-30-18-16-14-12-10-8-6-4-2/h18,30,63-64,68-69H,3-17,19-29,31-62H2,1-2H3,(H,67,70)/b30-18-. The van der Waals surface area contributed by atoms with Crippen LogP contribution in [-0.4, -0.2) is 47.4 Å². The molecule has 0 aliphatic carbocycles. The zero-order valence-electron chi connectivity index (χ0n) is 48.9. The lowest BCUT2D eigenvalue weighted by Gasteiger charge is -2.22. The largest absolute Gasteiger partial charge is 0.466 e. The Labute approximate surface area is 450 Å². The first kappa shape index (κ1) is 70.6. The Morgan fingerprint density at radius 3 is 0.986 bits per heavy atom. The molecule has 6 heteroatoms. The van der Waals surface area contributed by atoms with Crippen LogP contribution in [0, 0.1) is 0 Å². The SMILES string of the molecule is CCCCCCCC/C=C\CCCCCCCC(=O)OCCCCCCCCCCCCCCCCCCCCCC(=O)NC(CO)C(O)CCCCCCCCCCCCCCCCCCCCCCC. The highest BCUT2D eigenvalue weighted by Crippen LogP contribution is 2.19. The lowest BCUT2D eigenvalue weighted by atomic mass is 10.0. The van der Waals surface area contributed by atoms with Crippen molar-refractivity contribution in [3.05, 3.63) is 12.2 Å². The second-order valence-electron chi connectivity index (χ2n) is 22.8. The molecule has 0 saturated heterocycles. The van der Waals surface area contributed by atoms with Crippen LogP contribution < -0.4 is 5.32 Å². The number of carbonyl (C=O) groups excluding carboxylic acids is 2. The van der Waals surface area contributed by atoms with Crippen LogP contribution >= 0.6 is 0 Å². The summed E-state index contributed by atoms with van der Waals surface area (Å²) < 4.78 is 5.48. The maximum absolute atomic E-state index is 12.5. The summed E-state index contributed by atoms with van der Waals surface area (Å²) in [7, 11) is 0. The van der Waals surface area contributed by atoms with Gasteiger partial charge in [-0.3, -0.25) is 9.59 Å². The van der Waals surface area contributed by atoms with E-state index < -0.39 is 12.1 Å². The van der Waals surface area contributed by atoms with E-state index in [2.05, 4.69) is 31.3 Å². The van der Waals surface area contributed by atoms with Gasteiger partial charge in [-0.1, -0.05) is 321 Å². The van der Waals surface area contributed by atoms with Crippen molar-refractivity contribution in [2.75, 3.05) is 13.2 Å². The van der Waals surface area contributed by atoms with Gasteiger partial charge >= 0.3 is 5.97 Å². The van der Waals surface area contributed by atoms with Crippen molar-refractivity contribution in [3.63, 3.8) is 0 Å². The molecule has 0 saturated carbocycles. The molecule has 2 atom stereocenters. The number of unbranched alkanes of at least 4 members (excludes halogenated alkanes) is 49. The third-order valence-corrected chi connectivity index (χ3v) is 15.6. The van der Waals surface area contributed by atoms with Gasteiger partial charge in [-0.05, 0) is 51.4 Å². The maximum Gasteiger partial charge on any atom is 0.305 e. The van der Waals surface area contributed by atoms with Crippen molar-refractivity contribution >= 4 is 11.9 Å². The minimum atomic E-state index is -0.667. The summed E-state index contributed by atoms with van der Waals surface area (Å²) in [6, 6.07) is -0.544. The first-order valence-corrected chi connectivity index (χ1v) is 32.9. The molecule has 0 heterocycles. The second-order valence-corrected chi connectivity index (χ2v) is 22.8. The predicted octanol–water partition coefficient (Wildman–Crippen LogP) is 20.8. The van der Waals surface area contributed by atoms with Crippen molar-refractivity contribution in [1.82, 2.24) is 5.32 Å². The Kier molecular flexibility index (Phi) is 60.9. The van der Waals surface area contributed by atoms with Gasteiger partial charge < -0.3 is 20.3 Å². The molecule has 0 bridgehead atoms. The molecular formula is C66H129NO5. The van der Waals surface area contributed by atoms with Crippen LogP contribution in [0.1, 0.15) is 373 Å². The Morgan fingerprint density at radius 1 is 0.375 bits per heavy atom. The third kappa shape index (κ3) is 57.9. The van der Waals surface area contributed by atoms with E-state index in [1.54, 1.807) is 0 Å².